The molecule has 2 aromatic rings. The molecule has 0 fully saturated rings. The molecule has 0 radical (unpaired) electrons. The van der Waals surface area contributed by atoms with Gasteiger partial charge in [-0.05, 0) is 19.1 Å². The fourth-order valence-corrected chi connectivity index (χ4v) is 1.60. The first-order chi connectivity index (χ1) is 7.09. The first-order valence-corrected chi connectivity index (χ1v) is 5.32. The second kappa shape index (κ2) is 3.66. The average molecular weight is 269 g/mol. The molecular formula is C10H11BrN3O+. The van der Waals surface area contributed by atoms with Crippen LogP contribution in [-0.2, 0) is 7.05 Å². The number of nitrogens with zero attached hydrogens (tertiary/aromatic N) is 2. The lowest BCUT2D eigenvalue weighted by Gasteiger charge is -1.94. The summed E-state index contributed by atoms with van der Waals surface area (Å²) in [6, 6.07) is 7.74. The zero-order valence-electron chi connectivity index (χ0n) is 8.49. The van der Waals surface area contributed by atoms with Crippen LogP contribution in [-0.4, -0.2) is 9.90 Å². The highest BCUT2D eigenvalue weighted by Gasteiger charge is 2.17. The lowest BCUT2D eigenvalue weighted by Crippen LogP contribution is -2.32. The number of nitrogens with one attached hydrogen (secondary N) is 1. The van der Waals surface area contributed by atoms with Gasteiger partial charge in [0.2, 0.25) is 0 Å². The maximum Gasteiger partial charge on any atom is 0.413 e. The number of rotatable bonds is 1. The predicted octanol–water partition coefficient (Wildman–Crippen LogP) is 1.06. The summed E-state index contributed by atoms with van der Waals surface area (Å²) < 4.78 is 3.62. The molecule has 15 heavy (non-hydrogen) atoms. The van der Waals surface area contributed by atoms with Crippen molar-refractivity contribution < 1.29 is 4.68 Å². The summed E-state index contributed by atoms with van der Waals surface area (Å²) in [6.07, 6.45) is 0. The molecular weight excluding hydrogens is 258 g/mol. The number of aryl methyl sites for hydroxylation is 2. The molecule has 0 atom stereocenters. The molecule has 5 heteroatoms. The molecule has 1 heterocycles. The van der Waals surface area contributed by atoms with Gasteiger partial charge in [-0.25, -0.2) is 4.79 Å². The Morgan fingerprint density at radius 1 is 1.33 bits per heavy atom. The molecule has 0 amide bonds. The summed E-state index contributed by atoms with van der Waals surface area (Å²) in [5, 5.41) is 2.92. The van der Waals surface area contributed by atoms with Crippen LogP contribution in [0.25, 0.3) is 5.69 Å². The maximum atomic E-state index is 11.7. The first-order valence-electron chi connectivity index (χ1n) is 4.53. The van der Waals surface area contributed by atoms with Crippen LogP contribution >= 0.6 is 15.9 Å². The molecule has 0 saturated heterocycles. The predicted molar refractivity (Wildman–Crippen MR) is 60.0 cm³/mol. The quantitative estimate of drug-likeness (QED) is 0.773. The Morgan fingerprint density at radius 2 is 1.93 bits per heavy atom. The summed E-state index contributed by atoms with van der Waals surface area (Å²) in [6.45, 7) is 2.01. The molecule has 0 bridgehead atoms. The van der Waals surface area contributed by atoms with Crippen LogP contribution in [0.1, 0.15) is 5.56 Å². The van der Waals surface area contributed by atoms with E-state index >= 15 is 0 Å². The van der Waals surface area contributed by atoms with Crippen LogP contribution in [0.15, 0.2) is 33.7 Å². The molecule has 0 unspecified atom stereocenters. The number of hydrogen-bond acceptors (Lipinski definition) is 1. The number of benzene rings is 1. The minimum absolute atomic E-state index is 0.0960. The second-order valence-electron chi connectivity index (χ2n) is 3.43. The molecule has 0 aliphatic heterocycles. The SMILES string of the molecule is Cc1ccc(-n2[nH][n+](C)c(Br)c2=O)cc1. The van der Waals surface area contributed by atoms with Crippen molar-refractivity contribution in [2.45, 2.75) is 6.92 Å². The highest BCUT2D eigenvalue weighted by atomic mass is 79.9. The molecule has 1 N–H and O–H groups in total. The Morgan fingerprint density at radius 3 is 2.40 bits per heavy atom. The van der Waals surface area contributed by atoms with Crippen molar-refractivity contribution in [2.24, 2.45) is 7.05 Å². The molecule has 1 aromatic heterocycles. The second-order valence-corrected chi connectivity index (χ2v) is 4.18. The van der Waals surface area contributed by atoms with Gasteiger partial charge in [-0.15, -0.1) is 0 Å². The number of aromatic nitrogens is 3. The van der Waals surface area contributed by atoms with Crippen molar-refractivity contribution in [1.29, 1.82) is 0 Å². The topological polar surface area (TPSA) is 41.7 Å². The normalized spacial score (nSPS) is 10.6. The molecule has 0 aliphatic rings. The van der Waals surface area contributed by atoms with E-state index in [0.29, 0.717) is 4.60 Å². The third-order valence-corrected chi connectivity index (χ3v) is 3.09. The van der Waals surface area contributed by atoms with Gasteiger partial charge < -0.3 is 0 Å². The van der Waals surface area contributed by atoms with Gasteiger partial charge in [0.15, 0.2) is 5.69 Å². The van der Waals surface area contributed by atoms with E-state index in [1.165, 1.54) is 10.2 Å². The zero-order valence-corrected chi connectivity index (χ0v) is 10.1. The summed E-state index contributed by atoms with van der Waals surface area (Å²) in [5.41, 5.74) is 1.90. The number of halogens is 1. The third kappa shape index (κ3) is 1.74. The standard InChI is InChI=1S/C10H10BrN3O/c1-7-3-5-8(6-4-7)14-10(15)9(11)13(2)12-14/h3-6H,1-2H3/p+1. The van der Waals surface area contributed by atoms with Gasteiger partial charge in [0.25, 0.3) is 4.60 Å². The van der Waals surface area contributed by atoms with Gasteiger partial charge >= 0.3 is 5.56 Å². The van der Waals surface area contributed by atoms with Crippen LogP contribution in [0, 0.1) is 6.92 Å². The average Bonchev–Trinajstić information content (AvgIpc) is 2.47. The van der Waals surface area contributed by atoms with Crippen LogP contribution < -0.4 is 10.2 Å². The first kappa shape index (κ1) is 10.2. The Hall–Kier alpha value is -1.36. The fourth-order valence-electron chi connectivity index (χ4n) is 1.34. The van der Waals surface area contributed by atoms with Crippen LogP contribution in [0.2, 0.25) is 0 Å². The Kier molecular flexibility index (Phi) is 2.48. The molecule has 0 saturated carbocycles. The highest BCUT2D eigenvalue weighted by molar-refractivity contribution is 9.10. The highest BCUT2D eigenvalue weighted by Crippen LogP contribution is 2.06. The Bertz CT molecular complexity index is 539. The lowest BCUT2D eigenvalue weighted by molar-refractivity contribution is -0.741. The maximum absolute atomic E-state index is 11.7. The molecule has 4 nitrogen and oxygen atoms in total. The van der Waals surface area contributed by atoms with Crippen molar-refractivity contribution in [1.82, 2.24) is 9.90 Å². The smallest absolute Gasteiger partial charge is 0.233 e. The molecule has 2 rings (SSSR count). The van der Waals surface area contributed by atoms with Crippen LogP contribution in [0.5, 0.6) is 0 Å². The van der Waals surface area contributed by atoms with Gasteiger partial charge in [0.05, 0.1) is 0 Å². The van der Waals surface area contributed by atoms with Crippen molar-refractivity contribution in [3.8, 4) is 5.69 Å². The van der Waals surface area contributed by atoms with Gasteiger partial charge in [-0.2, -0.15) is 4.68 Å². The molecule has 0 spiro atoms. The van der Waals surface area contributed by atoms with E-state index < -0.39 is 0 Å². The summed E-state index contributed by atoms with van der Waals surface area (Å²) >= 11 is 3.21. The number of aromatic amines is 1. The van der Waals surface area contributed by atoms with E-state index in [1.807, 2.05) is 31.2 Å². The van der Waals surface area contributed by atoms with Crippen molar-refractivity contribution in [2.75, 3.05) is 0 Å². The van der Waals surface area contributed by atoms with E-state index in [0.717, 1.165) is 5.69 Å². The minimum Gasteiger partial charge on any atom is -0.233 e. The summed E-state index contributed by atoms with van der Waals surface area (Å²) in [4.78, 5) is 11.7. The van der Waals surface area contributed by atoms with Gasteiger partial charge in [-0.1, -0.05) is 27.6 Å². The van der Waals surface area contributed by atoms with Gasteiger partial charge in [-0.3, -0.25) is 0 Å². The van der Waals surface area contributed by atoms with E-state index in [2.05, 4.69) is 21.1 Å². The largest absolute Gasteiger partial charge is 0.413 e. The minimum atomic E-state index is -0.0960. The summed E-state index contributed by atoms with van der Waals surface area (Å²) in [7, 11) is 1.77. The van der Waals surface area contributed by atoms with Gasteiger partial charge in [0, 0.05) is 15.9 Å². The van der Waals surface area contributed by atoms with Gasteiger partial charge in [0.1, 0.15) is 7.05 Å². The summed E-state index contributed by atoms with van der Waals surface area (Å²) in [5.74, 6) is 0. The van der Waals surface area contributed by atoms with Crippen LogP contribution in [0.3, 0.4) is 0 Å². The van der Waals surface area contributed by atoms with E-state index in [4.69, 9.17) is 0 Å². The number of hydrogen-bond donors (Lipinski definition) is 1. The third-order valence-electron chi connectivity index (χ3n) is 2.22. The lowest BCUT2D eigenvalue weighted by atomic mass is 10.2. The Labute approximate surface area is 95.3 Å². The molecule has 78 valence electrons. The molecule has 0 aliphatic carbocycles. The van der Waals surface area contributed by atoms with Crippen molar-refractivity contribution in [3.63, 3.8) is 0 Å². The molecule has 1 aromatic carbocycles. The van der Waals surface area contributed by atoms with E-state index in [-0.39, 0.29) is 5.56 Å². The van der Waals surface area contributed by atoms with E-state index in [1.54, 1.807) is 11.7 Å². The monoisotopic (exact) mass is 268 g/mol. The number of H-pyrrole nitrogens is 1. The van der Waals surface area contributed by atoms with Crippen molar-refractivity contribution >= 4 is 15.9 Å². The van der Waals surface area contributed by atoms with Crippen molar-refractivity contribution in [3.05, 3.63) is 44.8 Å². The van der Waals surface area contributed by atoms with Crippen LogP contribution in [0.4, 0.5) is 0 Å². The fraction of sp³-hybridized carbons (Fsp3) is 0.200. The van der Waals surface area contributed by atoms with E-state index in [9.17, 15) is 4.79 Å². The zero-order chi connectivity index (χ0) is 11.0. The Balaban J connectivity index is 2.59.